The molecule has 0 spiro atoms. The first-order valence-electron chi connectivity index (χ1n) is 9.39. The number of nitrogens with one attached hydrogen (secondary N) is 1. The first-order chi connectivity index (χ1) is 11.8. The summed E-state index contributed by atoms with van der Waals surface area (Å²) < 4.78 is 0. The van der Waals surface area contributed by atoms with Gasteiger partial charge >= 0.3 is 0 Å². The summed E-state index contributed by atoms with van der Waals surface area (Å²) in [6.45, 7) is 5.39. The monoisotopic (exact) mass is 324 g/mol. The standard InChI is InChI=1S/C21H28N2O/c24-21-15-23(14-16-7-10-22-11-8-16)12-9-20(21)19-6-5-17-3-1-2-4-18(17)13-19/h1-6,13,16,20-22,24H,7-12,14-15H2/t20-,21+/m0/s1. The number of aliphatic hydroxyl groups is 1. The molecule has 2 fully saturated rings. The number of hydrogen-bond acceptors (Lipinski definition) is 3. The maximum atomic E-state index is 10.7. The van der Waals surface area contributed by atoms with Crippen LogP contribution in [-0.2, 0) is 0 Å². The molecular formula is C21H28N2O. The lowest BCUT2D eigenvalue weighted by molar-refractivity contribution is 0.0413. The fourth-order valence-corrected chi connectivity index (χ4v) is 4.42. The number of benzene rings is 2. The zero-order valence-corrected chi connectivity index (χ0v) is 14.3. The Morgan fingerprint density at radius 1 is 1.00 bits per heavy atom. The van der Waals surface area contributed by atoms with Gasteiger partial charge in [-0.25, -0.2) is 0 Å². The van der Waals surface area contributed by atoms with Crippen LogP contribution < -0.4 is 5.32 Å². The average Bonchev–Trinajstić information content (AvgIpc) is 2.62. The van der Waals surface area contributed by atoms with Crippen LogP contribution in [0.25, 0.3) is 10.8 Å². The Hall–Kier alpha value is -1.42. The van der Waals surface area contributed by atoms with Gasteiger partial charge in [0.05, 0.1) is 6.10 Å². The van der Waals surface area contributed by atoms with E-state index in [4.69, 9.17) is 0 Å². The maximum Gasteiger partial charge on any atom is 0.0735 e. The summed E-state index contributed by atoms with van der Waals surface area (Å²) in [6.07, 6.45) is 3.37. The highest BCUT2D eigenvalue weighted by Gasteiger charge is 2.30. The number of fused-ring (bicyclic) bond motifs is 1. The fraction of sp³-hybridized carbons (Fsp3) is 0.524. The molecule has 2 aliphatic rings. The van der Waals surface area contributed by atoms with Gasteiger partial charge in [0.1, 0.15) is 0 Å². The molecule has 0 radical (unpaired) electrons. The Kier molecular flexibility index (Phi) is 4.83. The minimum Gasteiger partial charge on any atom is -0.391 e. The second-order valence-electron chi connectivity index (χ2n) is 7.52. The molecule has 3 heteroatoms. The van der Waals surface area contributed by atoms with Gasteiger partial charge in [-0.15, -0.1) is 0 Å². The van der Waals surface area contributed by atoms with Crippen molar-refractivity contribution in [2.75, 3.05) is 32.7 Å². The summed E-state index contributed by atoms with van der Waals surface area (Å²) >= 11 is 0. The number of likely N-dealkylation sites (tertiary alicyclic amines) is 1. The third-order valence-electron chi connectivity index (χ3n) is 5.84. The number of hydrogen-bond donors (Lipinski definition) is 2. The highest BCUT2D eigenvalue weighted by Crippen LogP contribution is 2.31. The lowest BCUT2D eigenvalue weighted by Gasteiger charge is -2.38. The molecule has 2 aliphatic heterocycles. The number of β-amino-alcohol motifs (C(OH)–C–C–N with tert-alkyl or cyclic N) is 1. The minimum absolute atomic E-state index is 0.248. The first kappa shape index (κ1) is 16.1. The van der Waals surface area contributed by atoms with Gasteiger partial charge in [-0.2, -0.15) is 0 Å². The fourth-order valence-electron chi connectivity index (χ4n) is 4.42. The number of aliphatic hydroxyl groups excluding tert-OH is 1. The molecule has 0 unspecified atom stereocenters. The van der Waals surface area contributed by atoms with E-state index in [9.17, 15) is 5.11 Å². The van der Waals surface area contributed by atoms with Crippen molar-refractivity contribution < 1.29 is 5.11 Å². The molecule has 2 atom stereocenters. The van der Waals surface area contributed by atoms with Crippen LogP contribution in [-0.4, -0.2) is 48.8 Å². The van der Waals surface area contributed by atoms with Crippen molar-refractivity contribution in [3.8, 4) is 0 Å². The summed E-state index contributed by atoms with van der Waals surface area (Å²) in [5, 5.41) is 16.7. The Balaban J connectivity index is 1.42. The molecule has 2 heterocycles. The molecule has 0 aromatic heterocycles. The number of nitrogens with zero attached hydrogens (tertiary/aromatic N) is 1. The lowest BCUT2D eigenvalue weighted by Crippen LogP contribution is -2.45. The van der Waals surface area contributed by atoms with Crippen LogP contribution in [0.4, 0.5) is 0 Å². The molecule has 0 saturated carbocycles. The molecule has 24 heavy (non-hydrogen) atoms. The van der Waals surface area contributed by atoms with E-state index in [0.29, 0.717) is 0 Å². The van der Waals surface area contributed by atoms with E-state index < -0.39 is 0 Å². The molecular weight excluding hydrogens is 296 g/mol. The Labute approximate surface area is 144 Å². The van der Waals surface area contributed by atoms with E-state index in [-0.39, 0.29) is 12.0 Å². The van der Waals surface area contributed by atoms with Crippen LogP contribution in [0.1, 0.15) is 30.7 Å². The lowest BCUT2D eigenvalue weighted by atomic mass is 9.85. The van der Waals surface area contributed by atoms with Crippen molar-refractivity contribution in [1.82, 2.24) is 10.2 Å². The van der Waals surface area contributed by atoms with Crippen LogP contribution in [0, 0.1) is 5.92 Å². The quantitative estimate of drug-likeness (QED) is 0.911. The molecule has 3 nitrogen and oxygen atoms in total. The highest BCUT2D eigenvalue weighted by molar-refractivity contribution is 5.83. The second-order valence-corrected chi connectivity index (χ2v) is 7.52. The van der Waals surface area contributed by atoms with Gasteiger partial charge in [-0.3, -0.25) is 0 Å². The molecule has 2 aromatic rings. The summed E-state index contributed by atoms with van der Waals surface area (Å²) in [5.41, 5.74) is 1.29. The van der Waals surface area contributed by atoms with Gasteiger partial charge in [-0.05, 0) is 61.2 Å². The highest BCUT2D eigenvalue weighted by atomic mass is 16.3. The molecule has 2 aromatic carbocycles. The zero-order chi connectivity index (χ0) is 16.4. The predicted molar refractivity (Wildman–Crippen MR) is 99.3 cm³/mol. The molecule has 4 rings (SSSR count). The summed E-state index contributed by atoms with van der Waals surface area (Å²) in [6, 6.07) is 15.2. The van der Waals surface area contributed by atoms with E-state index in [0.717, 1.165) is 45.1 Å². The van der Waals surface area contributed by atoms with Crippen molar-refractivity contribution >= 4 is 10.8 Å². The van der Waals surface area contributed by atoms with Crippen molar-refractivity contribution in [1.29, 1.82) is 0 Å². The first-order valence-corrected chi connectivity index (χ1v) is 9.39. The minimum atomic E-state index is -0.248. The van der Waals surface area contributed by atoms with E-state index in [1.54, 1.807) is 0 Å². The SMILES string of the molecule is O[C@@H]1CN(CC2CCNCC2)CC[C@H]1c1ccc2ccccc2c1. The van der Waals surface area contributed by atoms with Crippen molar-refractivity contribution in [3.05, 3.63) is 48.0 Å². The maximum absolute atomic E-state index is 10.7. The predicted octanol–water partition coefficient (Wildman–Crippen LogP) is 2.99. The van der Waals surface area contributed by atoms with Gasteiger partial charge in [0.25, 0.3) is 0 Å². The molecule has 0 bridgehead atoms. The van der Waals surface area contributed by atoms with Crippen molar-refractivity contribution in [2.24, 2.45) is 5.92 Å². The Morgan fingerprint density at radius 3 is 2.58 bits per heavy atom. The molecule has 128 valence electrons. The van der Waals surface area contributed by atoms with E-state index in [2.05, 4.69) is 52.7 Å². The van der Waals surface area contributed by atoms with E-state index >= 15 is 0 Å². The summed E-state index contributed by atoms with van der Waals surface area (Å²) in [5.74, 6) is 1.08. The molecule has 0 aliphatic carbocycles. The van der Waals surface area contributed by atoms with E-state index in [1.807, 2.05) is 0 Å². The van der Waals surface area contributed by atoms with Crippen molar-refractivity contribution in [3.63, 3.8) is 0 Å². The molecule has 2 N–H and O–H groups in total. The molecule has 0 amide bonds. The third kappa shape index (κ3) is 3.49. The average molecular weight is 324 g/mol. The van der Waals surface area contributed by atoms with Gasteiger partial charge in [0, 0.05) is 19.0 Å². The third-order valence-corrected chi connectivity index (χ3v) is 5.84. The van der Waals surface area contributed by atoms with Crippen molar-refractivity contribution in [2.45, 2.75) is 31.3 Å². The Bertz CT molecular complexity index is 680. The van der Waals surface area contributed by atoms with Gasteiger partial charge in [0.15, 0.2) is 0 Å². The summed E-state index contributed by atoms with van der Waals surface area (Å²) in [4.78, 5) is 2.48. The topological polar surface area (TPSA) is 35.5 Å². The van der Waals surface area contributed by atoms with Crippen LogP contribution in [0.2, 0.25) is 0 Å². The van der Waals surface area contributed by atoms with Crippen LogP contribution in [0.3, 0.4) is 0 Å². The Morgan fingerprint density at radius 2 is 1.79 bits per heavy atom. The molecule has 2 saturated heterocycles. The van der Waals surface area contributed by atoms with Crippen LogP contribution in [0.5, 0.6) is 0 Å². The summed E-state index contributed by atoms with van der Waals surface area (Å²) in [7, 11) is 0. The van der Waals surface area contributed by atoms with Gasteiger partial charge < -0.3 is 15.3 Å². The largest absolute Gasteiger partial charge is 0.391 e. The van der Waals surface area contributed by atoms with E-state index in [1.165, 1.54) is 29.2 Å². The zero-order valence-electron chi connectivity index (χ0n) is 14.3. The normalized spacial score (nSPS) is 26.7. The number of rotatable bonds is 3. The van der Waals surface area contributed by atoms with Crippen LogP contribution >= 0.6 is 0 Å². The smallest absolute Gasteiger partial charge is 0.0735 e. The van der Waals surface area contributed by atoms with Gasteiger partial charge in [-0.1, -0.05) is 42.5 Å². The second kappa shape index (κ2) is 7.22. The number of piperidine rings is 2. The van der Waals surface area contributed by atoms with Gasteiger partial charge in [0.2, 0.25) is 0 Å². The van der Waals surface area contributed by atoms with Crippen LogP contribution in [0.15, 0.2) is 42.5 Å².